The maximum Gasteiger partial charge on any atom is 0.321 e. The topological polar surface area (TPSA) is 55.9 Å². The summed E-state index contributed by atoms with van der Waals surface area (Å²) in [6, 6.07) is 0. The van der Waals surface area contributed by atoms with Crippen LogP contribution in [0.25, 0.3) is 0 Å². The van der Waals surface area contributed by atoms with Crippen molar-refractivity contribution in [3.05, 3.63) is 23.8 Å². The maximum atomic E-state index is 12.3. The van der Waals surface area contributed by atoms with Crippen LogP contribution in [0.2, 0.25) is 0 Å². The minimum atomic E-state index is -0.309. The number of hydrogen-bond acceptors (Lipinski definition) is 4. The van der Waals surface area contributed by atoms with Gasteiger partial charge in [-0.25, -0.2) is 0 Å². The normalized spacial score (nSPS) is 43.9. The van der Waals surface area contributed by atoms with E-state index in [0.29, 0.717) is 40.9 Å². The highest BCUT2D eigenvalue weighted by atomic mass is 35.5. The molecule has 0 spiro atoms. The highest BCUT2D eigenvalue weighted by molar-refractivity contribution is 6.26. The zero-order valence-electron chi connectivity index (χ0n) is 21.4. The van der Waals surface area contributed by atoms with Crippen molar-refractivity contribution in [3.63, 3.8) is 0 Å². The van der Waals surface area contributed by atoms with E-state index in [2.05, 4.69) is 46.8 Å². The number of hydrogen-bond donors (Lipinski definition) is 0. The molecule has 1 heterocycles. The van der Waals surface area contributed by atoms with Crippen LogP contribution in [-0.4, -0.2) is 35.9 Å². The van der Waals surface area contributed by atoms with Gasteiger partial charge in [0.2, 0.25) is 0 Å². The van der Waals surface area contributed by atoms with Crippen LogP contribution >= 0.6 is 11.6 Å². The number of esters is 1. The Hall–Kier alpha value is -1.13. The lowest BCUT2D eigenvalue weighted by Crippen LogP contribution is -2.51. The molecule has 0 bridgehead atoms. The molecule has 0 aromatic carbocycles. The number of rotatable bonds is 7. The highest BCUT2D eigenvalue weighted by Gasteiger charge is 2.66. The van der Waals surface area contributed by atoms with E-state index in [1.807, 2.05) is 6.08 Å². The molecule has 0 radical (unpaired) electrons. The smallest absolute Gasteiger partial charge is 0.321 e. The van der Waals surface area contributed by atoms with Gasteiger partial charge in [-0.05, 0) is 91.1 Å². The molecule has 0 aromatic rings. The third-order valence-electron chi connectivity index (χ3n) is 10.7. The summed E-state index contributed by atoms with van der Waals surface area (Å²) in [7, 11) is 0. The average molecular weight is 489 g/mol. The number of fused-ring (bicyclic) bond motifs is 7. The Bertz CT molecular complexity index is 908. The third kappa shape index (κ3) is 3.74. The monoisotopic (exact) mass is 488 g/mol. The molecule has 5 rings (SSSR count). The van der Waals surface area contributed by atoms with E-state index in [4.69, 9.17) is 21.1 Å². The van der Waals surface area contributed by atoms with Crippen LogP contribution in [0, 0.1) is 46.3 Å². The molecule has 3 fully saturated rings. The fraction of sp³-hybridized carbons (Fsp3) is 0.793. The lowest BCUT2D eigenvalue weighted by molar-refractivity contribution is -0.148. The molecule has 0 N–H and O–H groups in total. The minimum absolute atomic E-state index is 0.0141. The molecule has 34 heavy (non-hydrogen) atoms. The van der Waals surface area contributed by atoms with E-state index < -0.39 is 0 Å². The van der Waals surface area contributed by atoms with Gasteiger partial charge in [-0.15, -0.1) is 11.6 Å². The summed E-state index contributed by atoms with van der Waals surface area (Å²) in [4.78, 5) is 24.1. The predicted octanol–water partition coefficient (Wildman–Crippen LogP) is 6.12. The summed E-state index contributed by atoms with van der Waals surface area (Å²) in [6.07, 6.45) is 13.5. The van der Waals surface area contributed by atoms with Gasteiger partial charge in [0.15, 0.2) is 5.78 Å². The lowest BCUT2D eigenvalue weighted by Gasteiger charge is -2.56. The molecule has 5 heteroatoms. The van der Waals surface area contributed by atoms with Gasteiger partial charge >= 0.3 is 5.97 Å². The maximum absolute atomic E-state index is 12.3. The summed E-state index contributed by atoms with van der Waals surface area (Å²) < 4.78 is 11.6. The third-order valence-corrected chi connectivity index (χ3v) is 10.9. The number of halogens is 1. The number of carbonyl (C=O) groups is 2. The first-order valence-electron chi connectivity index (χ1n) is 13.5. The summed E-state index contributed by atoms with van der Waals surface area (Å²) >= 11 is 5.68. The number of epoxide rings is 1. The molecule has 0 aromatic heterocycles. The fourth-order valence-electron chi connectivity index (χ4n) is 8.70. The van der Waals surface area contributed by atoms with E-state index >= 15 is 0 Å². The van der Waals surface area contributed by atoms with Crippen LogP contribution < -0.4 is 0 Å². The van der Waals surface area contributed by atoms with E-state index in [0.717, 1.165) is 12.8 Å². The Kier molecular flexibility index (Phi) is 6.33. The van der Waals surface area contributed by atoms with Crippen LogP contribution in [-0.2, 0) is 19.1 Å². The highest BCUT2D eigenvalue weighted by Crippen LogP contribution is 2.68. The summed E-state index contributed by atoms with van der Waals surface area (Å²) in [5.74, 6) is 3.21. The van der Waals surface area contributed by atoms with Gasteiger partial charge in [-0.3, -0.25) is 9.59 Å². The lowest BCUT2D eigenvalue weighted by atomic mass is 9.48. The van der Waals surface area contributed by atoms with Gasteiger partial charge in [-0.1, -0.05) is 46.8 Å². The van der Waals surface area contributed by atoms with E-state index in [9.17, 15) is 9.59 Å². The van der Waals surface area contributed by atoms with Crippen molar-refractivity contribution in [2.24, 2.45) is 46.3 Å². The van der Waals surface area contributed by atoms with Crippen LogP contribution in [0.3, 0.4) is 0 Å². The first-order valence-corrected chi connectivity index (χ1v) is 14.0. The predicted molar refractivity (Wildman–Crippen MR) is 133 cm³/mol. The van der Waals surface area contributed by atoms with Gasteiger partial charge in [0.1, 0.15) is 24.2 Å². The van der Waals surface area contributed by atoms with Crippen molar-refractivity contribution in [1.82, 2.24) is 0 Å². The molecule has 0 amide bonds. The van der Waals surface area contributed by atoms with Crippen LogP contribution in [0.4, 0.5) is 0 Å². The fourth-order valence-corrected chi connectivity index (χ4v) is 8.77. The van der Waals surface area contributed by atoms with Crippen molar-refractivity contribution in [1.29, 1.82) is 0 Å². The van der Waals surface area contributed by atoms with Gasteiger partial charge in [0.05, 0.1) is 0 Å². The quantitative estimate of drug-likeness (QED) is 0.246. The Labute approximate surface area is 209 Å². The van der Waals surface area contributed by atoms with E-state index in [-0.39, 0.29) is 41.4 Å². The molecule has 2 saturated carbocycles. The van der Waals surface area contributed by atoms with Gasteiger partial charge in [-0.2, -0.15) is 0 Å². The van der Waals surface area contributed by atoms with Crippen molar-refractivity contribution in [3.8, 4) is 0 Å². The van der Waals surface area contributed by atoms with Crippen LogP contribution in [0.1, 0.15) is 73.1 Å². The summed E-state index contributed by atoms with van der Waals surface area (Å²) in [5, 5.41) is 0. The molecule has 1 saturated heterocycles. The summed E-state index contributed by atoms with van der Waals surface area (Å²) in [6.45, 7) is 11.6. The second-order valence-corrected chi connectivity index (χ2v) is 12.9. The Morgan fingerprint density at radius 1 is 1.18 bits per heavy atom. The SMILES string of the molecule is CC(C)[C@@H](CC[C@@H](C)[C@H]1CCC2C3C=CC4=CC(=O)[C@@H]5O[C@@H]5[C@]4(C)C3CC[C@@]21C)OC(=O)CCl. The zero-order chi connectivity index (χ0) is 24.4. The molecule has 188 valence electrons. The average Bonchev–Trinajstić information content (AvgIpc) is 3.54. The Morgan fingerprint density at radius 3 is 2.65 bits per heavy atom. The van der Waals surface area contributed by atoms with Crippen LogP contribution in [0.5, 0.6) is 0 Å². The standard InChI is InChI=1S/C29H41ClO4/c1-16(2)24(33-25(32)15-30)11-6-17(3)20-9-10-21-19-8-7-18-14-23(31)26-27(34-26)29(18,5)22(19)12-13-28(20,21)4/h7-8,14,16-17,19-22,24,26-27H,6,9-13,15H2,1-5H3/t17-,19?,20-,21?,22?,24-,26+,27+,28-,29+/m1/s1. The number of alkyl halides is 1. The van der Waals surface area contributed by atoms with Crippen molar-refractivity contribution < 1.29 is 19.1 Å². The second-order valence-electron chi connectivity index (χ2n) is 12.6. The van der Waals surface area contributed by atoms with Crippen molar-refractivity contribution in [2.45, 2.75) is 91.5 Å². The summed E-state index contributed by atoms with van der Waals surface area (Å²) in [5.41, 5.74) is 1.53. The number of ether oxygens (including phenoxy) is 2. The number of carbonyl (C=O) groups excluding carboxylic acids is 2. The van der Waals surface area contributed by atoms with Crippen molar-refractivity contribution in [2.75, 3.05) is 5.88 Å². The Balaban J connectivity index is 1.30. The van der Waals surface area contributed by atoms with Gasteiger partial charge < -0.3 is 9.47 Å². The molecule has 10 atom stereocenters. The number of ketones is 1. The zero-order valence-corrected chi connectivity index (χ0v) is 22.1. The van der Waals surface area contributed by atoms with E-state index in [1.165, 1.54) is 31.3 Å². The molecular formula is C29H41ClO4. The molecular weight excluding hydrogens is 448 g/mol. The Morgan fingerprint density at radius 2 is 1.94 bits per heavy atom. The molecule has 1 aliphatic heterocycles. The second kappa shape index (κ2) is 8.76. The molecule has 4 aliphatic carbocycles. The van der Waals surface area contributed by atoms with Crippen LogP contribution in [0.15, 0.2) is 23.8 Å². The first kappa shape index (κ1) is 24.6. The molecule has 5 aliphatic rings. The molecule has 3 unspecified atom stereocenters. The molecule has 4 nitrogen and oxygen atoms in total. The van der Waals surface area contributed by atoms with Gasteiger partial charge in [0, 0.05) is 5.41 Å². The van der Waals surface area contributed by atoms with Gasteiger partial charge in [0.25, 0.3) is 0 Å². The first-order chi connectivity index (χ1) is 16.1. The number of allylic oxidation sites excluding steroid dienone is 2. The largest absolute Gasteiger partial charge is 0.461 e. The van der Waals surface area contributed by atoms with Crippen molar-refractivity contribution >= 4 is 23.4 Å². The minimum Gasteiger partial charge on any atom is -0.461 e. The van der Waals surface area contributed by atoms with E-state index in [1.54, 1.807) is 0 Å².